The molecule has 0 unspecified atom stereocenters. The summed E-state index contributed by atoms with van der Waals surface area (Å²) >= 11 is 0. The summed E-state index contributed by atoms with van der Waals surface area (Å²) in [6.07, 6.45) is 0.592. The van der Waals surface area contributed by atoms with Gasteiger partial charge in [-0.15, -0.1) is 0 Å². The lowest BCUT2D eigenvalue weighted by molar-refractivity contribution is -0.150. The van der Waals surface area contributed by atoms with Gasteiger partial charge in [0.2, 0.25) is 0 Å². The molecule has 2 aromatic rings. The van der Waals surface area contributed by atoms with Crippen LogP contribution in [0.3, 0.4) is 0 Å². The van der Waals surface area contributed by atoms with Crippen LogP contribution in [0.25, 0.3) is 0 Å². The summed E-state index contributed by atoms with van der Waals surface area (Å²) in [5.41, 5.74) is 1.12. The van der Waals surface area contributed by atoms with Gasteiger partial charge in [-0.1, -0.05) is 32.4 Å². The number of nitrogens with zero attached hydrogens (tertiary/aromatic N) is 2. The van der Waals surface area contributed by atoms with Crippen molar-refractivity contribution < 1.29 is 23.9 Å². The Kier molecular flexibility index (Phi) is 6.48. The smallest absolute Gasteiger partial charge is 0.329 e. The molecule has 30 heavy (non-hydrogen) atoms. The summed E-state index contributed by atoms with van der Waals surface area (Å²) in [5, 5.41) is 8.81. The van der Waals surface area contributed by atoms with Crippen LogP contribution in [0.2, 0.25) is 0 Å². The van der Waals surface area contributed by atoms with Crippen LogP contribution in [0.1, 0.15) is 46.5 Å². The lowest BCUT2D eigenvalue weighted by atomic mass is 9.97. The SMILES string of the molecule is CC[C@H](C)[C@@H](C(=O)OCCOc1ccc(C#N)cc1)N1C(=O)c2ccccc2C1=O. The third-order valence-corrected chi connectivity index (χ3v) is 5.11. The van der Waals surface area contributed by atoms with Gasteiger partial charge in [-0.2, -0.15) is 5.26 Å². The second kappa shape index (κ2) is 9.23. The number of hydrogen-bond donors (Lipinski definition) is 0. The molecule has 1 aliphatic heterocycles. The van der Waals surface area contributed by atoms with Gasteiger partial charge in [0, 0.05) is 0 Å². The Labute approximate surface area is 174 Å². The minimum atomic E-state index is -1.00. The van der Waals surface area contributed by atoms with Crippen LogP contribution in [0.15, 0.2) is 48.5 Å². The molecule has 7 heteroatoms. The molecule has 2 atom stereocenters. The van der Waals surface area contributed by atoms with Crippen LogP contribution in [0, 0.1) is 17.2 Å². The Balaban J connectivity index is 1.64. The van der Waals surface area contributed by atoms with E-state index in [2.05, 4.69) is 0 Å². The quantitative estimate of drug-likeness (QED) is 0.379. The first kappa shape index (κ1) is 21.1. The van der Waals surface area contributed by atoms with Crippen LogP contribution in [-0.4, -0.2) is 41.9 Å². The van der Waals surface area contributed by atoms with E-state index in [0.717, 1.165) is 4.90 Å². The van der Waals surface area contributed by atoms with Crippen molar-refractivity contribution in [2.24, 2.45) is 5.92 Å². The zero-order valence-corrected chi connectivity index (χ0v) is 16.8. The minimum absolute atomic E-state index is 0.0328. The number of benzene rings is 2. The second-order valence-electron chi connectivity index (χ2n) is 7.01. The van der Waals surface area contributed by atoms with Crippen molar-refractivity contribution in [3.63, 3.8) is 0 Å². The van der Waals surface area contributed by atoms with E-state index < -0.39 is 23.8 Å². The first-order valence-corrected chi connectivity index (χ1v) is 9.74. The molecule has 2 amide bonds. The lowest BCUT2D eigenvalue weighted by Crippen LogP contribution is -2.49. The average molecular weight is 406 g/mol. The highest BCUT2D eigenvalue weighted by Gasteiger charge is 2.45. The van der Waals surface area contributed by atoms with E-state index in [4.69, 9.17) is 14.7 Å². The first-order chi connectivity index (χ1) is 14.5. The number of hydrogen-bond acceptors (Lipinski definition) is 6. The summed E-state index contributed by atoms with van der Waals surface area (Å²) in [6, 6.07) is 14.1. The van der Waals surface area contributed by atoms with E-state index in [9.17, 15) is 14.4 Å². The molecular weight excluding hydrogens is 384 g/mol. The fraction of sp³-hybridized carbons (Fsp3) is 0.304. The second-order valence-corrected chi connectivity index (χ2v) is 7.01. The monoisotopic (exact) mass is 406 g/mol. The Morgan fingerprint density at radius 2 is 1.63 bits per heavy atom. The van der Waals surface area contributed by atoms with Gasteiger partial charge in [-0.05, 0) is 42.3 Å². The van der Waals surface area contributed by atoms with E-state index in [-0.39, 0.29) is 19.1 Å². The number of fused-ring (bicyclic) bond motifs is 1. The Bertz CT molecular complexity index is 958. The van der Waals surface area contributed by atoms with Crippen LogP contribution in [0.5, 0.6) is 5.75 Å². The summed E-state index contributed by atoms with van der Waals surface area (Å²) in [7, 11) is 0. The van der Waals surface area contributed by atoms with Crippen LogP contribution in [-0.2, 0) is 9.53 Å². The fourth-order valence-corrected chi connectivity index (χ4v) is 3.29. The van der Waals surface area contributed by atoms with Crippen molar-refractivity contribution in [2.45, 2.75) is 26.3 Å². The normalized spacial score (nSPS) is 14.6. The van der Waals surface area contributed by atoms with Gasteiger partial charge in [0.1, 0.15) is 25.0 Å². The molecule has 0 radical (unpaired) electrons. The third kappa shape index (κ3) is 4.18. The van der Waals surface area contributed by atoms with Gasteiger partial charge in [0.05, 0.1) is 22.8 Å². The van der Waals surface area contributed by atoms with Crippen molar-refractivity contribution in [1.82, 2.24) is 4.90 Å². The van der Waals surface area contributed by atoms with E-state index in [1.54, 1.807) is 48.5 Å². The first-order valence-electron chi connectivity index (χ1n) is 9.74. The minimum Gasteiger partial charge on any atom is -0.490 e. The Morgan fingerprint density at radius 3 is 2.17 bits per heavy atom. The maximum atomic E-state index is 12.8. The molecule has 0 spiro atoms. The number of nitriles is 1. The molecule has 0 bridgehead atoms. The molecular formula is C23H22N2O5. The van der Waals surface area contributed by atoms with Gasteiger partial charge in [-0.3, -0.25) is 14.5 Å². The van der Waals surface area contributed by atoms with E-state index in [0.29, 0.717) is 28.9 Å². The number of carbonyl (C=O) groups is 3. The van der Waals surface area contributed by atoms with Crippen molar-refractivity contribution in [3.8, 4) is 11.8 Å². The maximum Gasteiger partial charge on any atom is 0.329 e. The van der Waals surface area contributed by atoms with E-state index >= 15 is 0 Å². The summed E-state index contributed by atoms with van der Waals surface area (Å²) in [5.74, 6) is -1.32. The van der Waals surface area contributed by atoms with Gasteiger partial charge in [0.15, 0.2) is 0 Å². The molecule has 154 valence electrons. The molecule has 2 aromatic carbocycles. The highest BCUT2D eigenvalue weighted by molar-refractivity contribution is 6.22. The topological polar surface area (TPSA) is 96.7 Å². The molecule has 0 saturated carbocycles. The summed E-state index contributed by atoms with van der Waals surface area (Å²) in [6.45, 7) is 3.77. The Hall–Kier alpha value is -3.66. The standard InChI is InChI=1S/C23H22N2O5/c1-3-15(2)20(25-21(26)18-6-4-5-7-19(18)22(25)27)23(28)30-13-12-29-17-10-8-16(14-24)9-11-17/h4-11,15,20H,3,12-13H2,1-2H3/t15-,20-/m0/s1. The molecule has 0 N–H and O–H groups in total. The zero-order valence-electron chi connectivity index (χ0n) is 16.8. The van der Waals surface area contributed by atoms with E-state index in [1.165, 1.54) is 0 Å². The van der Waals surface area contributed by atoms with Gasteiger partial charge in [-0.25, -0.2) is 4.79 Å². The van der Waals surface area contributed by atoms with Crippen molar-refractivity contribution in [1.29, 1.82) is 5.26 Å². The van der Waals surface area contributed by atoms with Crippen LogP contribution < -0.4 is 4.74 Å². The van der Waals surface area contributed by atoms with Crippen molar-refractivity contribution in [3.05, 3.63) is 65.2 Å². The number of rotatable bonds is 8. The fourth-order valence-electron chi connectivity index (χ4n) is 3.29. The molecule has 0 fully saturated rings. The molecule has 1 heterocycles. The molecule has 1 aliphatic rings. The van der Waals surface area contributed by atoms with E-state index in [1.807, 2.05) is 19.9 Å². The summed E-state index contributed by atoms with van der Waals surface area (Å²) in [4.78, 5) is 39.4. The average Bonchev–Trinajstić information content (AvgIpc) is 3.02. The number of ether oxygens (including phenoxy) is 2. The highest BCUT2D eigenvalue weighted by atomic mass is 16.6. The molecule has 0 aliphatic carbocycles. The number of amides is 2. The van der Waals surface area contributed by atoms with Gasteiger partial charge in [0.25, 0.3) is 11.8 Å². The van der Waals surface area contributed by atoms with Crippen LogP contribution >= 0.6 is 0 Å². The van der Waals surface area contributed by atoms with Crippen LogP contribution in [0.4, 0.5) is 0 Å². The molecule has 0 aromatic heterocycles. The predicted molar refractivity (Wildman–Crippen MR) is 108 cm³/mol. The summed E-state index contributed by atoms with van der Waals surface area (Å²) < 4.78 is 10.8. The molecule has 0 saturated heterocycles. The lowest BCUT2D eigenvalue weighted by Gasteiger charge is -2.28. The number of imide groups is 1. The largest absolute Gasteiger partial charge is 0.490 e. The third-order valence-electron chi connectivity index (χ3n) is 5.11. The highest BCUT2D eigenvalue weighted by Crippen LogP contribution is 2.28. The van der Waals surface area contributed by atoms with Gasteiger partial charge < -0.3 is 9.47 Å². The number of carbonyl (C=O) groups excluding carboxylic acids is 3. The predicted octanol–water partition coefficient (Wildman–Crippen LogP) is 3.19. The van der Waals surface area contributed by atoms with Crippen molar-refractivity contribution >= 4 is 17.8 Å². The molecule has 7 nitrogen and oxygen atoms in total. The molecule has 3 rings (SSSR count). The number of esters is 1. The maximum absolute atomic E-state index is 12.8. The van der Waals surface area contributed by atoms with Crippen molar-refractivity contribution in [2.75, 3.05) is 13.2 Å². The van der Waals surface area contributed by atoms with Gasteiger partial charge >= 0.3 is 5.97 Å². The Morgan fingerprint density at radius 1 is 1.03 bits per heavy atom. The zero-order chi connectivity index (χ0) is 21.7.